The molecular formula is C15H14ClFN2O. The normalized spacial score (nSPS) is 11.9. The summed E-state index contributed by atoms with van der Waals surface area (Å²) in [7, 11) is 0. The minimum atomic E-state index is -0.726. The molecule has 0 aliphatic rings. The Labute approximate surface area is 121 Å². The fourth-order valence-electron chi connectivity index (χ4n) is 1.88. The van der Waals surface area contributed by atoms with E-state index in [1.165, 1.54) is 6.07 Å². The predicted octanol–water partition coefficient (Wildman–Crippen LogP) is 3.43. The highest BCUT2D eigenvalue weighted by Gasteiger charge is 2.18. The van der Waals surface area contributed by atoms with Gasteiger partial charge in [-0.3, -0.25) is 4.79 Å². The number of hydrogen-bond donors (Lipinski definition) is 2. The summed E-state index contributed by atoms with van der Waals surface area (Å²) in [4.78, 5) is 11.6. The van der Waals surface area contributed by atoms with Crippen molar-refractivity contribution in [3.05, 3.63) is 64.4 Å². The van der Waals surface area contributed by atoms with Gasteiger partial charge in [0.25, 0.3) is 0 Å². The van der Waals surface area contributed by atoms with Gasteiger partial charge in [0.2, 0.25) is 5.91 Å². The van der Waals surface area contributed by atoms with E-state index < -0.39 is 11.9 Å². The van der Waals surface area contributed by atoms with Crippen LogP contribution in [0.4, 0.5) is 10.1 Å². The third-order valence-corrected chi connectivity index (χ3v) is 3.21. The number of carbonyl (C=O) groups excluding carboxylic acids is 1. The van der Waals surface area contributed by atoms with Crippen LogP contribution in [0.5, 0.6) is 0 Å². The molecule has 2 aromatic rings. The fraction of sp³-hybridized carbons (Fsp3) is 0.133. The van der Waals surface area contributed by atoms with Crippen LogP contribution in [0.1, 0.15) is 17.2 Å². The standard InChI is InChI=1S/C15H14ClFN2O/c1-9-8-10(2-7-13(9)17)14(15(18)20)19-12-5-3-11(16)4-6-12/h2-8,14,19H,1H3,(H2,18,20). The zero-order valence-electron chi connectivity index (χ0n) is 10.9. The third-order valence-electron chi connectivity index (χ3n) is 2.96. The summed E-state index contributed by atoms with van der Waals surface area (Å²) in [6, 6.07) is 10.6. The largest absolute Gasteiger partial charge is 0.370 e. The van der Waals surface area contributed by atoms with Crippen LogP contribution in [-0.2, 0) is 4.79 Å². The topological polar surface area (TPSA) is 55.1 Å². The first-order valence-electron chi connectivity index (χ1n) is 6.05. The van der Waals surface area contributed by atoms with E-state index in [0.29, 0.717) is 21.8 Å². The second kappa shape index (κ2) is 5.92. The van der Waals surface area contributed by atoms with E-state index in [0.717, 1.165) is 0 Å². The Bertz CT molecular complexity index is 628. The van der Waals surface area contributed by atoms with E-state index >= 15 is 0 Å². The predicted molar refractivity (Wildman–Crippen MR) is 78.1 cm³/mol. The summed E-state index contributed by atoms with van der Waals surface area (Å²) in [6.45, 7) is 1.64. The molecule has 20 heavy (non-hydrogen) atoms. The highest BCUT2D eigenvalue weighted by atomic mass is 35.5. The van der Waals surface area contributed by atoms with Crippen molar-refractivity contribution in [2.75, 3.05) is 5.32 Å². The van der Waals surface area contributed by atoms with Gasteiger partial charge in [-0.15, -0.1) is 0 Å². The average molecular weight is 293 g/mol. The number of nitrogens with two attached hydrogens (primary N) is 1. The Kier molecular flexibility index (Phi) is 4.25. The average Bonchev–Trinajstić information content (AvgIpc) is 2.41. The molecule has 3 nitrogen and oxygen atoms in total. The maximum atomic E-state index is 13.3. The van der Waals surface area contributed by atoms with Crippen molar-refractivity contribution in [3.63, 3.8) is 0 Å². The zero-order valence-corrected chi connectivity index (χ0v) is 11.6. The van der Waals surface area contributed by atoms with Gasteiger partial charge in [0.05, 0.1) is 0 Å². The van der Waals surface area contributed by atoms with Gasteiger partial charge in [0.1, 0.15) is 11.9 Å². The van der Waals surface area contributed by atoms with Crippen LogP contribution >= 0.6 is 11.6 Å². The van der Waals surface area contributed by atoms with Gasteiger partial charge in [-0.05, 0) is 48.4 Å². The molecule has 3 N–H and O–H groups in total. The van der Waals surface area contributed by atoms with E-state index in [2.05, 4.69) is 5.32 Å². The summed E-state index contributed by atoms with van der Waals surface area (Å²) in [5, 5.41) is 3.61. The lowest BCUT2D eigenvalue weighted by atomic mass is 10.0. The molecule has 0 bridgehead atoms. The number of amides is 1. The fourth-order valence-corrected chi connectivity index (χ4v) is 2.00. The van der Waals surface area contributed by atoms with Crippen LogP contribution < -0.4 is 11.1 Å². The minimum absolute atomic E-state index is 0.316. The minimum Gasteiger partial charge on any atom is -0.370 e. The van der Waals surface area contributed by atoms with Crippen molar-refractivity contribution in [1.82, 2.24) is 0 Å². The Morgan fingerprint density at radius 3 is 2.45 bits per heavy atom. The van der Waals surface area contributed by atoms with Crippen LogP contribution in [0.2, 0.25) is 5.02 Å². The lowest BCUT2D eigenvalue weighted by molar-refractivity contribution is -0.118. The summed E-state index contributed by atoms with van der Waals surface area (Å²) in [5.41, 5.74) is 7.20. The second-order valence-corrected chi connectivity index (χ2v) is 4.93. The molecule has 104 valence electrons. The van der Waals surface area contributed by atoms with E-state index in [4.69, 9.17) is 17.3 Å². The number of primary amides is 1. The molecule has 0 aliphatic heterocycles. The summed E-state index contributed by atoms with van der Waals surface area (Å²) in [5.74, 6) is -0.852. The summed E-state index contributed by atoms with van der Waals surface area (Å²) < 4.78 is 13.3. The van der Waals surface area contributed by atoms with Gasteiger partial charge in [-0.25, -0.2) is 4.39 Å². The molecular weight excluding hydrogens is 279 g/mol. The Morgan fingerprint density at radius 2 is 1.90 bits per heavy atom. The molecule has 2 rings (SSSR count). The number of halogens is 2. The van der Waals surface area contributed by atoms with E-state index in [1.807, 2.05) is 0 Å². The van der Waals surface area contributed by atoms with Crippen LogP contribution in [0.3, 0.4) is 0 Å². The van der Waals surface area contributed by atoms with Crippen molar-refractivity contribution in [1.29, 1.82) is 0 Å². The molecule has 0 aromatic heterocycles. The van der Waals surface area contributed by atoms with Crippen molar-refractivity contribution >= 4 is 23.2 Å². The number of rotatable bonds is 4. The van der Waals surface area contributed by atoms with Crippen LogP contribution in [0, 0.1) is 12.7 Å². The van der Waals surface area contributed by atoms with Gasteiger partial charge in [0.15, 0.2) is 0 Å². The molecule has 0 heterocycles. The molecule has 0 spiro atoms. The smallest absolute Gasteiger partial charge is 0.244 e. The van der Waals surface area contributed by atoms with E-state index in [-0.39, 0.29) is 5.82 Å². The maximum Gasteiger partial charge on any atom is 0.244 e. The SMILES string of the molecule is Cc1cc(C(Nc2ccc(Cl)cc2)C(N)=O)ccc1F. The molecule has 5 heteroatoms. The Hall–Kier alpha value is -2.07. The number of hydrogen-bond acceptors (Lipinski definition) is 2. The highest BCUT2D eigenvalue weighted by molar-refractivity contribution is 6.30. The van der Waals surface area contributed by atoms with Crippen molar-refractivity contribution in [3.8, 4) is 0 Å². The molecule has 0 saturated heterocycles. The molecule has 0 aliphatic carbocycles. The van der Waals surface area contributed by atoms with Gasteiger partial charge in [-0.2, -0.15) is 0 Å². The number of aryl methyl sites for hydroxylation is 1. The van der Waals surface area contributed by atoms with E-state index in [9.17, 15) is 9.18 Å². The van der Waals surface area contributed by atoms with E-state index in [1.54, 1.807) is 43.3 Å². The number of carbonyl (C=O) groups is 1. The summed E-state index contributed by atoms with van der Waals surface area (Å²) in [6.07, 6.45) is 0. The molecule has 0 fully saturated rings. The van der Waals surface area contributed by atoms with Crippen LogP contribution in [-0.4, -0.2) is 5.91 Å². The zero-order chi connectivity index (χ0) is 14.7. The molecule has 1 unspecified atom stereocenters. The third kappa shape index (κ3) is 3.27. The number of benzene rings is 2. The maximum absolute atomic E-state index is 13.3. The van der Waals surface area contributed by atoms with Crippen LogP contribution in [0.25, 0.3) is 0 Å². The molecule has 2 aromatic carbocycles. The molecule has 1 atom stereocenters. The van der Waals surface area contributed by atoms with Gasteiger partial charge in [0, 0.05) is 10.7 Å². The molecule has 0 radical (unpaired) electrons. The highest BCUT2D eigenvalue weighted by Crippen LogP contribution is 2.22. The van der Waals surface area contributed by atoms with Crippen molar-refractivity contribution in [2.45, 2.75) is 13.0 Å². The quantitative estimate of drug-likeness (QED) is 0.907. The number of anilines is 1. The Morgan fingerprint density at radius 1 is 1.25 bits per heavy atom. The molecule has 1 amide bonds. The molecule has 0 saturated carbocycles. The van der Waals surface area contributed by atoms with Crippen molar-refractivity contribution < 1.29 is 9.18 Å². The second-order valence-electron chi connectivity index (χ2n) is 4.50. The van der Waals surface area contributed by atoms with Gasteiger partial charge in [-0.1, -0.05) is 23.7 Å². The van der Waals surface area contributed by atoms with Crippen molar-refractivity contribution in [2.24, 2.45) is 5.73 Å². The van der Waals surface area contributed by atoms with Crippen LogP contribution in [0.15, 0.2) is 42.5 Å². The monoisotopic (exact) mass is 292 g/mol. The lowest BCUT2D eigenvalue weighted by Gasteiger charge is -2.18. The first kappa shape index (κ1) is 14.3. The van der Waals surface area contributed by atoms with Gasteiger partial charge >= 0.3 is 0 Å². The first-order valence-corrected chi connectivity index (χ1v) is 6.42. The Balaban J connectivity index is 2.29. The first-order chi connectivity index (χ1) is 9.47. The summed E-state index contributed by atoms with van der Waals surface area (Å²) >= 11 is 5.80. The van der Waals surface area contributed by atoms with Gasteiger partial charge < -0.3 is 11.1 Å². The number of nitrogens with one attached hydrogen (secondary N) is 1. The lowest BCUT2D eigenvalue weighted by Crippen LogP contribution is -2.27.